The highest BCUT2D eigenvalue weighted by Gasteiger charge is 2.08. The molecule has 0 saturated heterocycles. The number of hydrogen-bond donors (Lipinski definition) is 2. The molecule has 5 nitrogen and oxygen atoms in total. The van der Waals surface area contributed by atoms with Crippen molar-refractivity contribution in [2.75, 3.05) is 11.9 Å². The molecule has 0 heterocycles. The highest BCUT2D eigenvalue weighted by atomic mass is 35.5. The first-order valence-corrected chi connectivity index (χ1v) is 10.3. The van der Waals surface area contributed by atoms with Gasteiger partial charge in [-0.05, 0) is 61.7 Å². The smallest absolute Gasteiger partial charge is 0.305 e. The summed E-state index contributed by atoms with van der Waals surface area (Å²) in [5.41, 5.74) is 2.88. The molecule has 2 aromatic carbocycles. The molecule has 0 bridgehead atoms. The number of rotatable bonds is 9. The van der Waals surface area contributed by atoms with Gasteiger partial charge in [-0.25, -0.2) is 0 Å². The van der Waals surface area contributed by atoms with Crippen molar-refractivity contribution in [3.05, 3.63) is 64.7 Å². The van der Waals surface area contributed by atoms with Gasteiger partial charge in [-0.2, -0.15) is 0 Å². The molecule has 1 amide bonds. The summed E-state index contributed by atoms with van der Waals surface area (Å²) in [6.45, 7) is 2.29. The van der Waals surface area contributed by atoms with E-state index in [2.05, 4.69) is 10.6 Å². The summed E-state index contributed by atoms with van der Waals surface area (Å²) in [4.78, 5) is 23.7. The molecule has 7 heteroatoms. The zero-order valence-electron chi connectivity index (χ0n) is 16.4. The molecule has 0 fully saturated rings. The van der Waals surface area contributed by atoms with Gasteiger partial charge in [-0.3, -0.25) is 9.59 Å². The van der Waals surface area contributed by atoms with E-state index in [9.17, 15) is 9.59 Å². The van der Waals surface area contributed by atoms with Crippen molar-refractivity contribution in [2.24, 2.45) is 0 Å². The van der Waals surface area contributed by atoms with Crippen LogP contribution in [0.25, 0.3) is 0 Å². The minimum atomic E-state index is -0.291. The van der Waals surface area contributed by atoms with Gasteiger partial charge in [0.25, 0.3) is 0 Å². The van der Waals surface area contributed by atoms with E-state index < -0.39 is 0 Å². The Hall–Kier alpha value is -2.44. The Morgan fingerprint density at radius 1 is 1.07 bits per heavy atom. The summed E-state index contributed by atoms with van der Waals surface area (Å²) in [7, 11) is 0. The predicted molar refractivity (Wildman–Crippen MR) is 120 cm³/mol. The molecule has 2 N–H and O–H groups in total. The average molecular weight is 433 g/mol. The van der Waals surface area contributed by atoms with Crippen molar-refractivity contribution in [2.45, 2.75) is 39.0 Å². The van der Waals surface area contributed by atoms with Crippen molar-refractivity contribution >= 4 is 46.5 Å². The zero-order valence-corrected chi connectivity index (χ0v) is 17.9. The minimum absolute atomic E-state index is 0.190. The van der Waals surface area contributed by atoms with Crippen LogP contribution in [0.2, 0.25) is 5.02 Å². The van der Waals surface area contributed by atoms with Crippen LogP contribution in [0.1, 0.15) is 36.8 Å². The average Bonchev–Trinajstić information content (AvgIpc) is 2.69. The number of aryl methyl sites for hydroxylation is 2. The number of nitrogens with one attached hydrogen (secondary N) is 2. The van der Waals surface area contributed by atoms with Gasteiger partial charge in [0, 0.05) is 23.6 Å². The lowest BCUT2D eigenvalue weighted by atomic mass is 10.1. The molecule has 0 atom stereocenters. The molecule has 0 aliphatic carbocycles. The van der Waals surface area contributed by atoms with Crippen LogP contribution in [-0.4, -0.2) is 23.6 Å². The molecule has 0 unspecified atom stereocenters. The predicted octanol–water partition coefficient (Wildman–Crippen LogP) is 4.81. The number of hydrogen-bond acceptors (Lipinski definition) is 4. The van der Waals surface area contributed by atoms with Crippen LogP contribution >= 0.6 is 23.8 Å². The molecular weight excluding hydrogens is 408 g/mol. The summed E-state index contributed by atoms with van der Waals surface area (Å²) in [5, 5.41) is 6.31. The first kappa shape index (κ1) is 22.8. The van der Waals surface area contributed by atoms with Gasteiger partial charge in [0.1, 0.15) is 0 Å². The van der Waals surface area contributed by atoms with Crippen LogP contribution in [0.15, 0.2) is 48.5 Å². The lowest BCUT2D eigenvalue weighted by Crippen LogP contribution is -2.34. The van der Waals surface area contributed by atoms with Gasteiger partial charge >= 0.3 is 5.97 Å². The normalized spacial score (nSPS) is 10.3. The van der Waals surface area contributed by atoms with E-state index in [-0.39, 0.29) is 29.8 Å². The molecule has 29 heavy (non-hydrogen) atoms. The lowest BCUT2D eigenvalue weighted by Gasteiger charge is -2.10. The largest absolute Gasteiger partial charge is 0.466 e. The number of halogens is 1. The number of amides is 1. The third kappa shape index (κ3) is 9.07. The number of carbonyl (C=O) groups is 2. The summed E-state index contributed by atoms with van der Waals surface area (Å²) < 4.78 is 5.21. The van der Waals surface area contributed by atoms with E-state index in [4.69, 9.17) is 28.6 Å². The number of anilines is 1. The van der Waals surface area contributed by atoms with Crippen LogP contribution in [0, 0.1) is 6.92 Å². The Labute approximate surface area is 181 Å². The van der Waals surface area contributed by atoms with E-state index >= 15 is 0 Å². The fourth-order valence-electron chi connectivity index (χ4n) is 2.59. The third-order valence-electron chi connectivity index (χ3n) is 4.18. The van der Waals surface area contributed by atoms with Gasteiger partial charge < -0.3 is 15.4 Å². The van der Waals surface area contributed by atoms with Gasteiger partial charge in [-0.15, -0.1) is 0 Å². The van der Waals surface area contributed by atoms with Crippen molar-refractivity contribution in [1.82, 2.24) is 5.32 Å². The second-order valence-electron chi connectivity index (χ2n) is 6.63. The maximum absolute atomic E-state index is 11.9. The van der Waals surface area contributed by atoms with Crippen molar-refractivity contribution < 1.29 is 14.3 Å². The highest BCUT2D eigenvalue weighted by Crippen LogP contribution is 2.19. The van der Waals surface area contributed by atoms with Crippen LogP contribution in [0.4, 0.5) is 5.69 Å². The van der Waals surface area contributed by atoms with Crippen LogP contribution in [0.3, 0.4) is 0 Å². The number of esters is 1. The molecule has 0 saturated carbocycles. The molecule has 0 aliphatic heterocycles. The van der Waals surface area contributed by atoms with Gasteiger partial charge in [-0.1, -0.05) is 48.0 Å². The molecule has 0 aliphatic rings. The van der Waals surface area contributed by atoms with Crippen molar-refractivity contribution in [1.29, 1.82) is 0 Å². The Balaban J connectivity index is 1.56. The standard InChI is InChI=1S/C22H25ClN2O3S/c1-16-12-13-18(15-19(16)23)24-22(29)25-20(26)10-5-11-21(27)28-14-6-9-17-7-3-2-4-8-17/h2-4,7-8,12-13,15H,5-6,9-11,14H2,1H3,(H2,24,25,26,29). The molecule has 0 radical (unpaired) electrons. The zero-order chi connectivity index (χ0) is 21.1. The van der Waals surface area contributed by atoms with Crippen molar-refractivity contribution in [3.63, 3.8) is 0 Å². The number of carbonyl (C=O) groups excluding carboxylic acids is 2. The quantitative estimate of drug-likeness (QED) is 0.338. The number of benzene rings is 2. The fourth-order valence-corrected chi connectivity index (χ4v) is 3.01. The third-order valence-corrected chi connectivity index (χ3v) is 4.79. The molecule has 0 aromatic heterocycles. The summed E-state index contributed by atoms with van der Waals surface area (Å²) >= 11 is 11.2. The Kier molecular flexibility index (Phi) is 9.60. The van der Waals surface area contributed by atoms with Gasteiger partial charge in [0.05, 0.1) is 6.61 Å². The van der Waals surface area contributed by atoms with Crippen molar-refractivity contribution in [3.8, 4) is 0 Å². The van der Waals surface area contributed by atoms with Gasteiger partial charge in [0.2, 0.25) is 5.91 Å². The van der Waals surface area contributed by atoms with Crippen LogP contribution in [-0.2, 0) is 20.7 Å². The number of ether oxygens (including phenoxy) is 1. The van der Waals surface area contributed by atoms with E-state index in [0.717, 1.165) is 18.4 Å². The summed E-state index contributed by atoms with van der Waals surface area (Å²) in [6.07, 6.45) is 2.44. The highest BCUT2D eigenvalue weighted by molar-refractivity contribution is 7.80. The fraction of sp³-hybridized carbons (Fsp3) is 0.318. The van der Waals surface area contributed by atoms with E-state index in [1.807, 2.05) is 49.4 Å². The monoisotopic (exact) mass is 432 g/mol. The van der Waals surface area contributed by atoms with E-state index in [0.29, 0.717) is 23.7 Å². The topological polar surface area (TPSA) is 67.4 Å². The maximum atomic E-state index is 11.9. The first-order chi connectivity index (χ1) is 13.9. The Bertz CT molecular complexity index is 843. The van der Waals surface area contributed by atoms with E-state index in [1.54, 1.807) is 6.07 Å². The Morgan fingerprint density at radius 2 is 1.83 bits per heavy atom. The summed E-state index contributed by atoms with van der Waals surface area (Å²) in [5.74, 6) is -0.543. The molecular formula is C22H25ClN2O3S. The molecule has 2 aromatic rings. The lowest BCUT2D eigenvalue weighted by molar-refractivity contribution is -0.143. The molecule has 2 rings (SSSR count). The second kappa shape index (κ2) is 12.2. The number of thiocarbonyl (C=S) groups is 1. The molecule has 0 spiro atoms. The summed E-state index contributed by atoms with van der Waals surface area (Å²) in [6, 6.07) is 15.5. The Morgan fingerprint density at radius 3 is 2.55 bits per heavy atom. The molecule has 154 valence electrons. The van der Waals surface area contributed by atoms with E-state index in [1.165, 1.54) is 5.56 Å². The first-order valence-electron chi connectivity index (χ1n) is 9.50. The SMILES string of the molecule is Cc1ccc(NC(=S)NC(=O)CCCC(=O)OCCCc2ccccc2)cc1Cl. The maximum Gasteiger partial charge on any atom is 0.305 e. The van der Waals surface area contributed by atoms with Crippen LogP contribution < -0.4 is 10.6 Å². The van der Waals surface area contributed by atoms with Gasteiger partial charge in [0.15, 0.2) is 5.11 Å². The van der Waals surface area contributed by atoms with Crippen LogP contribution in [0.5, 0.6) is 0 Å². The second-order valence-corrected chi connectivity index (χ2v) is 7.44. The minimum Gasteiger partial charge on any atom is -0.466 e.